The highest BCUT2D eigenvalue weighted by atomic mass is 19.3. The molecule has 1 atom stereocenters. The fourth-order valence-electron chi connectivity index (χ4n) is 3.34. The van der Waals surface area contributed by atoms with Crippen LogP contribution in [0.5, 0.6) is 17.2 Å². The molecule has 0 radical (unpaired) electrons. The van der Waals surface area contributed by atoms with E-state index in [-0.39, 0.29) is 23.3 Å². The highest BCUT2D eigenvalue weighted by molar-refractivity contribution is 5.88. The van der Waals surface area contributed by atoms with Crippen molar-refractivity contribution in [3.05, 3.63) is 65.7 Å². The van der Waals surface area contributed by atoms with Crippen LogP contribution < -0.4 is 19.5 Å². The first-order valence-electron chi connectivity index (χ1n) is 9.88. The van der Waals surface area contributed by atoms with Gasteiger partial charge in [-0.3, -0.25) is 4.79 Å². The van der Waals surface area contributed by atoms with E-state index in [4.69, 9.17) is 9.47 Å². The van der Waals surface area contributed by atoms with Crippen molar-refractivity contribution >= 4 is 16.7 Å². The highest BCUT2D eigenvalue weighted by Gasteiger charge is 2.16. The molecule has 0 spiro atoms. The van der Waals surface area contributed by atoms with Gasteiger partial charge in [-0.25, -0.2) is 0 Å². The molecule has 5 nitrogen and oxygen atoms in total. The maximum Gasteiger partial charge on any atom is 0.387 e. The molecular weight excluding hydrogens is 404 g/mol. The van der Waals surface area contributed by atoms with Gasteiger partial charge in [0.1, 0.15) is 5.75 Å². The Kier molecular flexibility index (Phi) is 7.28. The van der Waals surface area contributed by atoms with Gasteiger partial charge < -0.3 is 19.5 Å². The molecule has 0 unspecified atom stereocenters. The molecule has 0 aromatic heterocycles. The fourth-order valence-corrected chi connectivity index (χ4v) is 3.34. The summed E-state index contributed by atoms with van der Waals surface area (Å²) in [5.74, 6) is 0.551. The number of hydrogen-bond acceptors (Lipinski definition) is 4. The molecule has 3 rings (SSSR count). The molecule has 0 bridgehead atoms. The molecule has 3 aromatic carbocycles. The largest absolute Gasteiger partial charge is 0.497 e. The summed E-state index contributed by atoms with van der Waals surface area (Å²) < 4.78 is 39.9. The predicted molar refractivity (Wildman–Crippen MR) is 115 cm³/mol. The van der Waals surface area contributed by atoms with Crippen LogP contribution in [0.15, 0.2) is 54.6 Å². The lowest BCUT2D eigenvalue weighted by Crippen LogP contribution is -2.29. The van der Waals surface area contributed by atoms with E-state index < -0.39 is 6.61 Å². The Morgan fingerprint density at radius 1 is 0.935 bits per heavy atom. The Morgan fingerprint density at radius 2 is 1.68 bits per heavy atom. The van der Waals surface area contributed by atoms with Gasteiger partial charge in [-0.05, 0) is 59.5 Å². The minimum atomic E-state index is -2.94. The maximum atomic E-state index is 12.6. The average molecular weight is 429 g/mol. The van der Waals surface area contributed by atoms with Crippen LogP contribution in [0.2, 0.25) is 0 Å². The molecule has 1 N–H and O–H groups in total. The average Bonchev–Trinajstić information content (AvgIpc) is 2.77. The first-order chi connectivity index (χ1) is 14.9. The second-order valence-electron chi connectivity index (χ2n) is 7.10. The minimum absolute atomic E-state index is 0.0255. The third-order valence-electron chi connectivity index (χ3n) is 5.12. The van der Waals surface area contributed by atoms with Crippen LogP contribution in [-0.4, -0.2) is 33.3 Å². The van der Waals surface area contributed by atoms with Crippen LogP contribution in [0.3, 0.4) is 0 Å². The first-order valence-corrected chi connectivity index (χ1v) is 9.88. The summed E-state index contributed by atoms with van der Waals surface area (Å²) in [6, 6.07) is 16.5. The monoisotopic (exact) mass is 429 g/mol. The van der Waals surface area contributed by atoms with Gasteiger partial charge in [0.25, 0.3) is 0 Å². The zero-order chi connectivity index (χ0) is 22.4. The molecule has 1 amide bonds. The van der Waals surface area contributed by atoms with Gasteiger partial charge in [0.05, 0.1) is 20.1 Å². The fraction of sp³-hybridized carbons (Fsp3) is 0.292. The quantitative estimate of drug-likeness (QED) is 0.525. The SMILES string of the molecule is COc1ccc2cc([C@H](C)C(=O)NCCc3ccc(OC)c(OC(F)F)c3)ccc2c1. The van der Waals surface area contributed by atoms with Gasteiger partial charge in [0.15, 0.2) is 11.5 Å². The summed E-state index contributed by atoms with van der Waals surface area (Å²) >= 11 is 0. The Hall–Kier alpha value is -3.35. The number of ether oxygens (including phenoxy) is 3. The Labute approximate surface area is 179 Å². The lowest BCUT2D eigenvalue weighted by molar-refractivity contribution is -0.122. The van der Waals surface area contributed by atoms with Crippen molar-refractivity contribution in [3.63, 3.8) is 0 Å². The van der Waals surface area contributed by atoms with E-state index >= 15 is 0 Å². The summed E-state index contributed by atoms with van der Waals surface area (Å²) in [6.45, 7) is -0.719. The zero-order valence-electron chi connectivity index (χ0n) is 17.7. The van der Waals surface area contributed by atoms with E-state index in [1.807, 2.05) is 43.3 Å². The van der Waals surface area contributed by atoms with E-state index in [0.29, 0.717) is 13.0 Å². The number of methoxy groups -OCH3 is 2. The Morgan fingerprint density at radius 3 is 2.39 bits per heavy atom. The summed E-state index contributed by atoms with van der Waals surface area (Å²) in [5, 5.41) is 4.97. The number of hydrogen-bond donors (Lipinski definition) is 1. The third kappa shape index (κ3) is 5.63. The smallest absolute Gasteiger partial charge is 0.387 e. The van der Waals surface area contributed by atoms with Crippen LogP contribution >= 0.6 is 0 Å². The summed E-state index contributed by atoms with van der Waals surface area (Å²) in [6.07, 6.45) is 0.472. The van der Waals surface area contributed by atoms with Crippen molar-refractivity contribution in [1.29, 1.82) is 0 Å². The van der Waals surface area contributed by atoms with Gasteiger partial charge in [0.2, 0.25) is 5.91 Å². The lowest BCUT2D eigenvalue weighted by atomic mass is 9.97. The zero-order valence-corrected chi connectivity index (χ0v) is 17.7. The molecule has 7 heteroatoms. The van der Waals surface area contributed by atoms with Crippen LogP contribution in [-0.2, 0) is 11.2 Å². The van der Waals surface area contributed by atoms with E-state index in [0.717, 1.165) is 27.6 Å². The van der Waals surface area contributed by atoms with Crippen molar-refractivity contribution in [2.75, 3.05) is 20.8 Å². The third-order valence-corrected chi connectivity index (χ3v) is 5.12. The van der Waals surface area contributed by atoms with Crippen LogP contribution in [0, 0.1) is 0 Å². The number of fused-ring (bicyclic) bond motifs is 1. The van der Waals surface area contributed by atoms with E-state index in [1.165, 1.54) is 13.2 Å². The number of carbonyl (C=O) groups is 1. The van der Waals surface area contributed by atoms with Crippen LogP contribution in [0.25, 0.3) is 10.8 Å². The molecule has 0 fully saturated rings. The van der Waals surface area contributed by atoms with Gasteiger partial charge >= 0.3 is 6.61 Å². The van der Waals surface area contributed by atoms with Crippen molar-refractivity contribution in [2.24, 2.45) is 0 Å². The number of amides is 1. The predicted octanol–water partition coefficient (Wildman–Crippen LogP) is 4.92. The molecule has 0 aliphatic rings. The summed E-state index contributed by atoms with van der Waals surface area (Å²) in [4.78, 5) is 12.6. The molecule has 31 heavy (non-hydrogen) atoms. The van der Waals surface area contributed by atoms with Gasteiger partial charge in [0, 0.05) is 6.54 Å². The van der Waals surface area contributed by atoms with Crippen molar-refractivity contribution in [3.8, 4) is 17.2 Å². The molecule has 164 valence electrons. The number of alkyl halides is 2. The van der Waals surface area contributed by atoms with E-state index in [1.54, 1.807) is 19.2 Å². The molecule has 0 saturated heterocycles. The van der Waals surface area contributed by atoms with Crippen LogP contribution in [0.4, 0.5) is 8.78 Å². The van der Waals surface area contributed by atoms with E-state index in [2.05, 4.69) is 10.1 Å². The van der Waals surface area contributed by atoms with Crippen molar-refractivity contribution in [2.45, 2.75) is 25.9 Å². The topological polar surface area (TPSA) is 56.8 Å². The second kappa shape index (κ2) is 10.1. The maximum absolute atomic E-state index is 12.6. The van der Waals surface area contributed by atoms with Gasteiger partial charge in [-0.2, -0.15) is 8.78 Å². The van der Waals surface area contributed by atoms with Crippen LogP contribution in [0.1, 0.15) is 24.0 Å². The second-order valence-corrected chi connectivity index (χ2v) is 7.10. The Bertz CT molecular complexity index is 1050. The normalized spacial score (nSPS) is 11.9. The lowest BCUT2D eigenvalue weighted by Gasteiger charge is -2.14. The molecular formula is C24H25F2NO4. The molecule has 3 aromatic rings. The number of carbonyl (C=O) groups excluding carboxylic acids is 1. The Balaban J connectivity index is 1.61. The van der Waals surface area contributed by atoms with Crippen molar-refractivity contribution in [1.82, 2.24) is 5.32 Å². The minimum Gasteiger partial charge on any atom is -0.497 e. The summed E-state index contributed by atoms with van der Waals surface area (Å²) in [5.41, 5.74) is 1.66. The number of nitrogens with one attached hydrogen (secondary N) is 1. The van der Waals surface area contributed by atoms with E-state index in [9.17, 15) is 13.6 Å². The standard InChI is InChI=1S/C24H25F2NO4/c1-15(17-5-6-19-14-20(29-2)8-7-18(19)13-17)23(28)27-11-10-16-4-9-21(30-3)22(12-16)31-24(25)26/h4-9,12-15,24H,10-11H2,1-3H3,(H,27,28)/t15-/m0/s1. The van der Waals surface area contributed by atoms with Crippen molar-refractivity contribution < 1.29 is 27.8 Å². The first kappa shape index (κ1) is 22.3. The molecule has 0 heterocycles. The molecule has 0 aliphatic heterocycles. The molecule has 0 aliphatic carbocycles. The van der Waals surface area contributed by atoms with Gasteiger partial charge in [-0.15, -0.1) is 0 Å². The highest BCUT2D eigenvalue weighted by Crippen LogP contribution is 2.30. The molecule has 0 saturated carbocycles. The summed E-state index contributed by atoms with van der Waals surface area (Å²) in [7, 11) is 3.01. The number of benzene rings is 3. The number of halogens is 2. The van der Waals surface area contributed by atoms with Gasteiger partial charge in [-0.1, -0.05) is 30.3 Å². The number of rotatable bonds is 9.